The minimum atomic E-state index is -0.470. The quantitative estimate of drug-likeness (QED) is 0.847. The van der Waals surface area contributed by atoms with E-state index in [1.54, 1.807) is 11.0 Å². The third kappa shape index (κ3) is 2.50. The van der Waals surface area contributed by atoms with Crippen molar-refractivity contribution in [3.8, 4) is 0 Å². The summed E-state index contributed by atoms with van der Waals surface area (Å²) in [4.78, 5) is 14.8. The Labute approximate surface area is 132 Å². The summed E-state index contributed by atoms with van der Waals surface area (Å²) in [5, 5.41) is 11.3. The number of hydrogen-bond acceptors (Lipinski definition) is 4. The Morgan fingerprint density at radius 2 is 2.29 bits per heavy atom. The second-order valence-corrected chi connectivity index (χ2v) is 7.00. The van der Waals surface area contributed by atoms with E-state index in [1.165, 1.54) is 11.3 Å². The van der Waals surface area contributed by atoms with E-state index in [4.69, 9.17) is 17.3 Å². The van der Waals surface area contributed by atoms with Crippen molar-refractivity contribution in [2.45, 2.75) is 19.4 Å². The maximum Gasteiger partial charge on any atom is 0.266 e. The highest BCUT2D eigenvalue weighted by Crippen LogP contribution is 2.38. The first-order valence-corrected chi connectivity index (χ1v) is 8.12. The lowest BCUT2D eigenvalue weighted by Gasteiger charge is -2.34. The first-order chi connectivity index (χ1) is 9.99. The molecule has 2 aromatic rings. The van der Waals surface area contributed by atoms with Crippen LogP contribution >= 0.6 is 22.9 Å². The Hall–Kier alpha value is -1.30. The van der Waals surface area contributed by atoms with Crippen LogP contribution in [0.4, 0.5) is 5.69 Å². The summed E-state index contributed by atoms with van der Waals surface area (Å²) >= 11 is 7.53. The Kier molecular flexibility index (Phi) is 3.82. The van der Waals surface area contributed by atoms with Crippen molar-refractivity contribution in [3.63, 3.8) is 0 Å². The number of β-amino-alcohol motifs (C(OH)–C–C–N with tert-alkyl or cyclic N) is 1. The second kappa shape index (κ2) is 5.48. The van der Waals surface area contributed by atoms with Crippen molar-refractivity contribution in [2.75, 3.05) is 18.8 Å². The SMILES string of the molecule is CC1CCN(C(=O)c2sc3cccc(Cl)c3c2N)CC1O. The first kappa shape index (κ1) is 14.6. The van der Waals surface area contributed by atoms with Crippen molar-refractivity contribution in [3.05, 3.63) is 28.1 Å². The van der Waals surface area contributed by atoms with E-state index in [1.807, 2.05) is 19.1 Å². The number of hydrogen-bond donors (Lipinski definition) is 2. The molecule has 112 valence electrons. The molecule has 0 radical (unpaired) electrons. The molecule has 1 aliphatic heterocycles. The number of carbonyl (C=O) groups excluding carboxylic acids is 1. The van der Waals surface area contributed by atoms with E-state index in [0.717, 1.165) is 16.5 Å². The number of nitrogen functional groups attached to an aromatic ring is 1. The molecule has 2 unspecified atom stereocenters. The topological polar surface area (TPSA) is 66.6 Å². The van der Waals surface area contributed by atoms with E-state index in [2.05, 4.69) is 0 Å². The summed E-state index contributed by atoms with van der Waals surface area (Å²) in [6, 6.07) is 5.53. The number of carbonyl (C=O) groups is 1. The van der Waals surface area contributed by atoms with Crippen LogP contribution in [0.25, 0.3) is 10.1 Å². The van der Waals surface area contributed by atoms with E-state index in [0.29, 0.717) is 28.7 Å². The average Bonchev–Trinajstić information content (AvgIpc) is 2.80. The van der Waals surface area contributed by atoms with Gasteiger partial charge < -0.3 is 15.7 Å². The van der Waals surface area contributed by atoms with Crippen LogP contribution in [0.5, 0.6) is 0 Å². The van der Waals surface area contributed by atoms with Gasteiger partial charge in [0.05, 0.1) is 16.8 Å². The molecule has 0 bridgehead atoms. The predicted octanol–water partition coefficient (Wildman–Crippen LogP) is 2.98. The smallest absolute Gasteiger partial charge is 0.266 e. The van der Waals surface area contributed by atoms with E-state index in [9.17, 15) is 9.90 Å². The zero-order chi connectivity index (χ0) is 15.1. The summed E-state index contributed by atoms with van der Waals surface area (Å²) in [6.07, 6.45) is 0.334. The number of anilines is 1. The number of piperidine rings is 1. The number of thiophene rings is 1. The Morgan fingerprint density at radius 1 is 1.52 bits per heavy atom. The van der Waals surface area contributed by atoms with Gasteiger partial charge in [0.25, 0.3) is 5.91 Å². The van der Waals surface area contributed by atoms with Crippen LogP contribution < -0.4 is 5.73 Å². The Morgan fingerprint density at radius 3 is 2.95 bits per heavy atom. The largest absolute Gasteiger partial charge is 0.397 e. The molecule has 1 aromatic heterocycles. The summed E-state index contributed by atoms with van der Waals surface area (Å²) in [7, 11) is 0. The summed E-state index contributed by atoms with van der Waals surface area (Å²) in [5.41, 5.74) is 6.57. The van der Waals surface area contributed by atoms with Gasteiger partial charge >= 0.3 is 0 Å². The standard InChI is InChI=1S/C15H17ClN2O2S/c1-8-5-6-18(7-10(8)19)15(20)14-13(17)12-9(16)3-2-4-11(12)21-14/h2-4,8,10,19H,5-7,17H2,1H3. The molecule has 1 fully saturated rings. The average molecular weight is 325 g/mol. The normalized spacial score (nSPS) is 22.7. The highest BCUT2D eigenvalue weighted by Gasteiger charge is 2.30. The van der Waals surface area contributed by atoms with Crippen molar-refractivity contribution < 1.29 is 9.90 Å². The van der Waals surface area contributed by atoms with E-state index in [-0.39, 0.29) is 11.8 Å². The van der Waals surface area contributed by atoms with Gasteiger partial charge in [0.2, 0.25) is 0 Å². The molecule has 21 heavy (non-hydrogen) atoms. The fourth-order valence-corrected chi connectivity index (χ4v) is 4.11. The molecule has 2 heterocycles. The monoisotopic (exact) mass is 324 g/mol. The van der Waals surface area contributed by atoms with Crippen LogP contribution in [-0.4, -0.2) is 35.1 Å². The lowest BCUT2D eigenvalue weighted by Crippen LogP contribution is -2.45. The molecule has 1 amide bonds. The van der Waals surface area contributed by atoms with E-state index < -0.39 is 6.10 Å². The number of nitrogens with two attached hydrogens (primary N) is 1. The van der Waals surface area contributed by atoms with Gasteiger partial charge in [0.1, 0.15) is 4.88 Å². The van der Waals surface area contributed by atoms with Crippen molar-refractivity contribution in [1.29, 1.82) is 0 Å². The molecule has 0 aliphatic carbocycles. The van der Waals surface area contributed by atoms with Crippen LogP contribution in [0.1, 0.15) is 23.0 Å². The number of aliphatic hydroxyl groups excluding tert-OH is 1. The molecule has 1 saturated heterocycles. The molecule has 1 aromatic carbocycles. The van der Waals surface area contributed by atoms with Crippen LogP contribution in [0.2, 0.25) is 5.02 Å². The fourth-order valence-electron chi connectivity index (χ4n) is 2.67. The number of aliphatic hydroxyl groups is 1. The second-order valence-electron chi connectivity index (χ2n) is 5.54. The van der Waals surface area contributed by atoms with Gasteiger partial charge in [0.15, 0.2) is 0 Å². The van der Waals surface area contributed by atoms with Gasteiger partial charge in [-0.3, -0.25) is 4.79 Å². The molecule has 4 nitrogen and oxygen atoms in total. The Balaban J connectivity index is 1.95. The number of fused-ring (bicyclic) bond motifs is 1. The van der Waals surface area contributed by atoms with Crippen LogP contribution in [0.3, 0.4) is 0 Å². The first-order valence-electron chi connectivity index (χ1n) is 6.93. The number of benzene rings is 1. The molecule has 3 N–H and O–H groups in total. The maximum atomic E-state index is 12.7. The molecular formula is C15H17ClN2O2S. The summed E-state index contributed by atoms with van der Waals surface area (Å²) < 4.78 is 0.911. The van der Waals surface area contributed by atoms with Crippen molar-refractivity contribution in [1.82, 2.24) is 4.90 Å². The molecule has 0 saturated carbocycles. The van der Waals surface area contributed by atoms with Gasteiger partial charge in [-0.25, -0.2) is 0 Å². The molecule has 0 spiro atoms. The zero-order valence-corrected chi connectivity index (χ0v) is 13.2. The third-order valence-electron chi connectivity index (χ3n) is 4.10. The van der Waals surface area contributed by atoms with Gasteiger partial charge in [-0.05, 0) is 24.5 Å². The molecule has 6 heteroatoms. The maximum absolute atomic E-state index is 12.7. The molecule has 1 aliphatic rings. The fraction of sp³-hybridized carbons (Fsp3) is 0.400. The summed E-state index contributed by atoms with van der Waals surface area (Å²) in [5.74, 6) is 0.110. The zero-order valence-electron chi connectivity index (χ0n) is 11.7. The highest BCUT2D eigenvalue weighted by molar-refractivity contribution is 7.21. The highest BCUT2D eigenvalue weighted by atomic mass is 35.5. The number of halogens is 1. The molecule has 3 rings (SSSR count). The van der Waals surface area contributed by atoms with Crippen molar-refractivity contribution >= 4 is 44.6 Å². The van der Waals surface area contributed by atoms with Gasteiger partial charge in [0, 0.05) is 23.2 Å². The lowest BCUT2D eigenvalue weighted by molar-refractivity contribution is 0.0252. The third-order valence-corrected chi connectivity index (χ3v) is 5.58. The number of rotatable bonds is 1. The van der Waals surface area contributed by atoms with Crippen LogP contribution in [0, 0.1) is 5.92 Å². The minimum absolute atomic E-state index is 0.115. The van der Waals surface area contributed by atoms with Gasteiger partial charge in [-0.2, -0.15) is 0 Å². The number of likely N-dealkylation sites (tertiary alicyclic amines) is 1. The van der Waals surface area contributed by atoms with Gasteiger partial charge in [-0.15, -0.1) is 11.3 Å². The van der Waals surface area contributed by atoms with Crippen LogP contribution in [-0.2, 0) is 0 Å². The van der Waals surface area contributed by atoms with Gasteiger partial charge in [-0.1, -0.05) is 24.6 Å². The molecular weight excluding hydrogens is 308 g/mol. The summed E-state index contributed by atoms with van der Waals surface area (Å²) in [6.45, 7) is 3.01. The minimum Gasteiger partial charge on any atom is -0.397 e. The number of nitrogens with zero attached hydrogens (tertiary/aromatic N) is 1. The van der Waals surface area contributed by atoms with Crippen LogP contribution in [0.15, 0.2) is 18.2 Å². The number of amides is 1. The Bertz CT molecular complexity index is 700. The molecule has 2 atom stereocenters. The predicted molar refractivity (Wildman–Crippen MR) is 86.9 cm³/mol. The van der Waals surface area contributed by atoms with E-state index >= 15 is 0 Å². The lowest BCUT2D eigenvalue weighted by atomic mass is 9.96. The van der Waals surface area contributed by atoms with Crippen molar-refractivity contribution in [2.24, 2.45) is 5.92 Å².